The highest BCUT2D eigenvalue weighted by Crippen LogP contribution is 2.46. The molecule has 4 rings (SSSR count). The van der Waals surface area contributed by atoms with E-state index in [9.17, 15) is 0 Å². The molecule has 0 nitrogen and oxygen atoms in total. The van der Waals surface area contributed by atoms with E-state index in [1.54, 1.807) is 0 Å². The molecule has 3 aromatic carbocycles. The zero-order valence-corrected chi connectivity index (χ0v) is 17.3. The lowest BCUT2D eigenvalue weighted by Crippen LogP contribution is -2.16. The summed E-state index contributed by atoms with van der Waals surface area (Å²) in [6, 6.07) is 28.4. The lowest BCUT2D eigenvalue weighted by molar-refractivity contribution is 0.652. The van der Waals surface area contributed by atoms with E-state index in [4.69, 9.17) is 0 Å². The molecule has 1 aliphatic rings. The second-order valence-electron chi connectivity index (χ2n) is 8.44. The minimum absolute atomic E-state index is 0.0686. The van der Waals surface area contributed by atoms with Gasteiger partial charge in [-0.25, -0.2) is 0 Å². The molecule has 140 valence electrons. The normalized spacial score (nSPS) is 15.6. The first-order valence-electron chi connectivity index (χ1n) is 10.1. The molecule has 3 aromatic rings. The lowest BCUT2D eigenvalue weighted by Gasteiger charge is -2.23. The van der Waals surface area contributed by atoms with Crippen LogP contribution in [0.25, 0.3) is 16.7 Å². The molecule has 0 radical (unpaired) electrons. The number of rotatable bonds is 4. The van der Waals surface area contributed by atoms with Crippen molar-refractivity contribution in [3.05, 3.63) is 113 Å². The van der Waals surface area contributed by atoms with Crippen LogP contribution in [0.5, 0.6) is 0 Å². The van der Waals surface area contributed by atoms with E-state index in [1.165, 1.54) is 44.5 Å². The number of hydrogen-bond acceptors (Lipinski definition) is 0. The lowest BCUT2D eigenvalue weighted by atomic mass is 9.80. The quantitative estimate of drug-likeness (QED) is 0.447. The van der Waals surface area contributed by atoms with E-state index in [1.807, 2.05) is 0 Å². The van der Waals surface area contributed by atoms with Gasteiger partial charge in [-0.3, -0.25) is 0 Å². The second-order valence-corrected chi connectivity index (χ2v) is 8.44. The maximum Gasteiger partial charge on any atom is 0.0155 e. The van der Waals surface area contributed by atoms with E-state index < -0.39 is 0 Å². The Labute approximate surface area is 169 Å². The molecule has 0 bridgehead atoms. The highest BCUT2D eigenvalue weighted by molar-refractivity contribution is 5.81. The van der Waals surface area contributed by atoms with Crippen molar-refractivity contribution in [3.63, 3.8) is 0 Å². The average Bonchev–Trinajstić information content (AvgIpc) is 2.90. The van der Waals surface area contributed by atoms with Crippen LogP contribution < -0.4 is 0 Å². The highest BCUT2D eigenvalue weighted by atomic mass is 14.4. The van der Waals surface area contributed by atoms with Crippen LogP contribution in [-0.4, -0.2) is 0 Å². The van der Waals surface area contributed by atoms with Gasteiger partial charge in [0.1, 0.15) is 0 Å². The topological polar surface area (TPSA) is 0 Å². The monoisotopic (exact) mass is 364 g/mol. The third kappa shape index (κ3) is 3.36. The third-order valence-electron chi connectivity index (χ3n) is 6.02. The summed E-state index contributed by atoms with van der Waals surface area (Å²) < 4.78 is 0. The van der Waals surface area contributed by atoms with Gasteiger partial charge < -0.3 is 0 Å². The summed E-state index contributed by atoms with van der Waals surface area (Å²) in [4.78, 5) is 0. The van der Waals surface area contributed by atoms with Crippen LogP contribution in [0.4, 0.5) is 0 Å². The molecule has 28 heavy (non-hydrogen) atoms. The molecule has 0 unspecified atom stereocenters. The first-order chi connectivity index (χ1) is 13.5. The molecule has 0 heteroatoms. The van der Waals surface area contributed by atoms with Crippen molar-refractivity contribution in [2.45, 2.75) is 39.5 Å². The third-order valence-corrected chi connectivity index (χ3v) is 6.02. The minimum atomic E-state index is 0.0686. The molecule has 0 saturated heterocycles. The Morgan fingerprint density at radius 1 is 0.786 bits per heavy atom. The molecule has 0 N–H and O–H groups in total. The van der Waals surface area contributed by atoms with Crippen LogP contribution in [0.3, 0.4) is 0 Å². The van der Waals surface area contributed by atoms with Crippen molar-refractivity contribution in [1.29, 1.82) is 0 Å². The van der Waals surface area contributed by atoms with Gasteiger partial charge in [-0.05, 0) is 59.2 Å². The zero-order chi connectivity index (χ0) is 19.7. The predicted octanol–water partition coefficient (Wildman–Crippen LogP) is 7.61. The number of hydrogen-bond donors (Lipinski definition) is 0. The molecule has 0 amide bonds. The van der Waals surface area contributed by atoms with Crippen molar-refractivity contribution in [1.82, 2.24) is 0 Å². The number of allylic oxidation sites excluding steroid dienone is 4. The minimum Gasteiger partial charge on any atom is -0.0686 e. The Kier molecular flexibility index (Phi) is 4.81. The largest absolute Gasteiger partial charge is 0.0686 e. The van der Waals surface area contributed by atoms with Gasteiger partial charge in [0, 0.05) is 5.41 Å². The number of fused-ring (bicyclic) bond motifs is 1. The molecule has 0 spiro atoms. The molecular formula is C28H28. The zero-order valence-electron chi connectivity index (χ0n) is 17.3. The van der Waals surface area contributed by atoms with Crippen LogP contribution in [0.15, 0.2) is 96.1 Å². The van der Waals surface area contributed by atoms with Crippen molar-refractivity contribution < 1.29 is 0 Å². The van der Waals surface area contributed by atoms with Crippen molar-refractivity contribution in [2.75, 3.05) is 0 Å². The number of benzene rings is 3. The SMILES string of the molecule is CC1=C(/C=C(\C)Cc2ccc(-c3ccccc3)cc2)C(C)(C)c2ccccc21. The van der Waals surface area contributed by atoms with Gasteiger partial charge in [-0.1, -0.05) is 104 Å². The van der Waals surface area contributed by atoms with Crippen LogP contribution in [0.1, 0.15) is 44.4 Å². The maximum absolute atomic E-state index is 2.42. The molecule has 0 atom stereocenters. The second kappa shape index (κ2) is 7.28. The summed E-state index contributed by atoms with van der Waals surface area (Å²) in [5.41, 5.74) is 11.1. The maximum atomic E-state index is 2.42. The Morgan fingerprint density at radius 2 is 1.39 bits per heavy atom. The van der Waals surface area contributed by atoms with E-state index in [0.717, 1.165) is 6.42 Å². The van der Waals surface area contributed by atoms with Gasteiger partial charge in [-0.15, -0.1) is 0 Å². The van der Waals surface area contributed by atoms with Crippen molar-refractivity contribution in [3.8, 4) is 11.1 Å². The first-order valence-corrected chi connectivity index (χ1v) is 10.1. The van der Waals surface area contributed by atoms with E-state index in [2.05, 4.69) is 113 Å². The standard InChI is InChI=1S/C28H28/c1-20(18-22-14-16-24(17-15-22)23-10-6-5-7-11-23)19-27-21(2)25-12-8-9-13-26(25)28(27,3)4/h5-17,19H,18H2,1-4H3/b20-19+. The Balaban J connectivity index is 1.57. The van der Waals surface area contributed by atoms with Gasteiger partial charge >= 0.3 is 0 Å². The molecule has 0 saturated carbocycles. The van der Waals surface area contributed by atoms with Crippen LogP contribution in [-0.2, 0) is 11.8 Å². The summed E-state index contributed by atoms with van der Waals surface area (Å²) in [5.74, 6) is 0. The smallest absolute Gasteiger partial charge is 0.0155 e. The molecule has 0 aromatic heterocycles. The summed E-state index contributed by atoms with van der Waals surface area (Å²) in [6.45, 7) is 9.21. The summed E-state index contributed by atoms with van der Waals surface area (Å²) >= 11 is 0. The Bertz CT molecular complexity index is 1040. The van der Waals surface area contributed by atoms with Gasteiger partial charge in [0.2, 0.25) is 0 Å². The summed E-state index contributed by atoms with van der Waals surface area (Å²) in [5, 5.41) is 0. The van der Waals surface area contributed by atoms with Crippen molar-refractivity contribution in [2.24, 2.45) is 0 Å². The van der Waals surface area contributed by atoms with E-state index in [-0.39, 0.29) is 5.41 Å². The predicted molar refractivity (Wildman–Crippen MR) is 121 cm³/mol. The van der Waals surface area contributed by atoms with Gasteiger partial charge in [-0.2, -0.15) is 0 Å². The fourth-order valence-corrected chi connectivity index (χ4v) is 4.47. The van der Waals surface area contributed by atoms with Crippen LogP contribution in [0.2, 0.25) is 0 Å². The van der Waals surface area contributed by atoms with Gasteiger partial charge in [0.25, 0.3) is 0 Å². The Hall–Kier alpha value is -2.86. The fourth-order valence-electron chi connectivity index (χ4n) is 4.47. The molecule has 1 aliphatic carbocycles. The van der Waals surface area contributed by atoms with Gasteiger partial charge in [0.15, 0.2) is 0 Å². The van der Waals surface area contributed by atoms with Crippen LogP contribution in [0, 0.1) is 0 Å². The average molecular weight is 365 g/mol. The molecule has 0 fully saturated rings. The van der Waals surface area contributed by atoms with E-state index in [0.29, 0.717) is 0 Å². The summed E-state index contributed by atoms with van der Waals surface area (Å²) in [6.07, 6.45) is 3.40. The van der Waals surface area contributed by atoms with Crippen LogP contribution >= 0.6 is 0 Å². The summed E-state index contributed by atoms with van der Waals surface area (Å²) in [7, 11) is 0. The first kappa shape index (κ1) is 18.5. The fraction of sp³-hybridized carbons (Fsp3) is 0.214. The van der Waals surface area contributed by atoms with Crippen molar-refractivity contribution >= 4 is 5.57 Å². The van der Waals surface area contributed by atoms with E-state index >= 15 is 0 Å². The molecular weight excluding hydrogens is 336 g/mol. The van der Waals surface area contributed by atoms with Gasteiger partial charge in [0.05, 0.1) is 0 Å². The highest BCUT2D eigenvalue weighted by Gasteiger charge is 2.34. The molecule has 0 heterocycles. The Morgan fingerprint density at radius 3 is 2.07 bits per heavy atom. The molecule has 0 aliphatic heterocycles.